The highest BCUT2D eigenvalue weighted by molar-refractivity contribution is 5.45. The molecule has 0 aliphatic rings. The molecule has 0 saturated heterocycles. The van der Waals surface area contributed by atoms with E-state index < -0.39 is 0 Å². The molecule has 0 saturated carbocycles. The summed E-state index contributed by atoms with van der Waals surface area (Å²) in [6.45, 7) is 4.33. The molecule has 18 heavy (non-hydrogen) atoms. The molecule has 2 aromatic heterocycles. The molecule has 0 bridgehead atoms. The Morgan fingerprint density at radius 2 is 2.11 bits per heavy atom. The Bertz CT molecular complexity index is 506. The molecule has 0 aliphatic heterocycles. The lowest BCUT2D eigenvalue weighted by atomic mass is 10.1. The Kier molecular flexibility index (Phi) is 3.73. The molecule has 2 N–H and O–H groups in total. The van der Waals surface area contributed by atoms with Crippen molar-refractivity contribution in [3.05, 3.63) is 17.7 Å². The highest BCUT2D eigenvalue weighted by atomic mass is 16.5. The summed E-state index contributed by atoms with van der Waals surface area (Å²) in [4.78, 5) is 4.21. The summed E-state index contributed by atoms with van der Waals surface area (Å²) < 4.78 is 15.1. The van der Waals surface area contributed by atoms with E-state index in [1.165, 1.54) is 0 Å². The zero-order valence-electron chi connectivity index (χ0n) is 10.6. The van der Waals surface area contributed by atoms with Crippen molar-refractivity contribution in [2.75, 3.05) is 7.11 Å². The number of nitrogens with zero attached hydrogens (tertiary/aromatic N) is 3. The maximum Gasteiger partial charge on any atom is 0.280 e. The molecule has 7 heteroatoms. The molecule has 0 aromatic carbocycles. The van der Waals surface area contributed by atoms with E-state index >= 15 is 0 Å². The van der Waals surface area contributed by atoms with Gasteiger partial charge in [0.2, 0.25) is 0 Å². The molecule has 0 fully saturated rings. The van der Waals surface area contributed by atoms with Crippen LogP contribution < -0.4 is 5.73 Å². The Morgan fingerprint density at radius 1 is 1.33 bits per heavy atom. The fourth-order valence-electron chi connectivity index (χ4n) is 1.40. The molecular formula is C11H16N4O3. The summed E-state index contributed by atoms with van der Waals surface area (Å²) in [6, 6.07) is 1.44. The first-order chi connectivity index (χ1) is 8.61. The van der Waals surface area contributed by atoms with Gasteiger partial charge in [-0.05, 0) is 5.92 Å². The van der Waals surface area contributed by atoms with Crippen LogP contribution in [-0.4, -0.2) is 22.4 Å². The number of hydrogen-bond acceptors (Lipinski definition) is 7. The van der Waals surface area contributed by atoms with Gasteiger partial charge in [-0.3, -0.25) is 0 Å². The first kappa shape index (κ1) is 12.7. The molecule has 2 heterocycles. The second-order valence-corrected chi connectivity index (χ2v) is 4.34. The second kappa shape index (κ2) is 5.28. The minimum Gasteiger partial charge on any atom is -0.377 e. The predicted octanol–water partition coefficient (Wildman–Crippen LogP) is 1.53. The highest BCUT2D eigenvalue weighted by Crippen LogP contribution is 2.21. The lowest BCUT2D eigenvalue weighted by Crippen LogP contribution is -2.18. The first-order valence-corrected chi connectivity index (χ1v) is 5.66. The minimum absolute atomic E-state index is 0.233. The molecule has 1 atom stereocenters. The summed E-state index contributed by atoms with van der Waals surface area (Å²) >= 11 is 0. The van der Waals surface area contributed by atoms with Crippen molar-refractivity contribution in [3.63, 3.8) is 0 Å². The van der Waals surface area contributed by atoms with Gasteiger partial charge in [0.1, 0.15) is 6.61 Å². The fourth-order valence-corrected chi connectivity index (χ4v) is 1.40. The smallest absolute Gasteiger partial charge is 0.280 e. The van der Waals surface area contributed by atoms with Crippen LogP contribution in [0, 0.1) is 5.92 Å². The zero-order valence-corrected chi connectivity index (χ0v) is 10.6. The third kappa shape index (κ3) is 2.57. The Labute approximate surface area is 104 Å². The Morgan fingerprint density at radius 3 is 2.78 bits per heavy atom. The number of hydrogen-bond donors (Lipinski definition) is 1. The second-order valence-electron chi connectivity index (χ2n) is 4.34. The summed E-state index contributed by atoms with van der Waals surface area (Å²) in [5.41, 5.74) is 6.42. The van der Waals surface area contributed by atoms with Crippen molar-refractivity contribution in [1.82, 2.24) is 15.3 Å². The van der Waals surface area contributed by atoms with Gasteiger partial charge in [0.25, 0.3) is 5.89 Å². The van der Waals surface area contributed by atoms with Gasteiger partial charge in [0, 0.05) is 13.2 Å². The van der Waals surface area contributed by atoms with Gasteiger partial charge in [-0.1, -0.05) is 24.2 Å². The van der Waals surface area contributed by atoms with E-state index in [4.69, 9.17) is 19.5 Å². The predicted molar refractivity (Wildman–Crippen MR) is 62.3 cm³/mol. The molecular weight excluding hydrogens is 236 g/mol. The van der Waals surface area contributed by atoms with Gasteiger partial charge < -0.3 is 19.5 Å². The van der Waals surface area contributed by atoms with Crippen LogP contribution >= 0.6 is 0 Å². The van der Waals surface area contributed by atoms with Gasteiger partial charge in [-0.2, -0.15) is 4.98 Å². The van der Waals surface area contributed by atoms with Crippen LogP contribution in [0.15, 0.2) is 15.1 Å². The molecule has 2 aromatic rings. The standard InChI is InChI=1S/C11H16N4O3/c1-6(2)9(12)10-13-11(18-15-10)8-4-7(5-16-3)17-14-8/h4,6,9H,5,12H2,1-3H3. The van der Waals surface area contributed by atoms with Gasteiger partial charge in [0.05, 0.1) is 6.04 Å². The van der Waals surface area contributed by atoms with Crippen molar-refractivity contribution in [3.8, 4) is 11.6 Å². The average molecular weight is 252 g/mol. The number of methoxy groups -OCH3 is 1. The van der Waals surface area contributed by atoms with Gasteiger partial charge in [0.15, 0.2) is 17.3 Å². The van der Waals surface area contributed by atoms with Crippen LogP contribution in [0.4, 0.5) is 0 Å². The number of ether oxygens (including phenoxy) is 1. The zero-order chi connectivity index (χ0) is 13.1. The first-order valence-electron chi connectivity index (χ1n) is 5.66. The molecule has 0 aliphatic carbocycles. The van der Waals surface area contributed by atoms with Crippen LogP contribution in [0.25, 0.3) is 11.6 Å². The van der Waals surface area contributed by atoms with Gasteiger partial charge in [-0.15, -0.1) is 0 Å². The molecule has 2 rings (SSSR count). The maximum atomic E-state index is 5.93. The number of aromatic nitrogens is 3. The van der Waals surface area contributed by atoms with E-state index in [-0.39, 0.29) is 12.0 Å². The molecule has 0 amide bonds. The third-order valence-electron chi connectivity index (χ3n) is 2.52. The van der Waals surface area contributed by atoms with Gasteiger partial charge in [-0.25, -0.2) is 0 Å². The minimum atomic E-state index is -0.257. The van der Waals surface area contributed by atoms with Crippen LogP contribution in [0.2, 0.25) is 0 Å². The van der Waals surface area contributed by atoms with E-state index in [1.54, 1.807) is 13.2 Å². The SMILES string of the molecule is COCc1cc(-c2nc(C(N)C(C)C)no2)no1. The van der Waals surface area contributed by atoms with Crippen molar-refractivity contribution in [2.24, 2.45) is 11.7 Å². The molecule has 0 radical (unpaired) electrons. The van der Waals surface area contributed by atoms with Crippen molar-refractivity contribution < 1.29 is 13.8 Å². The Balaban J connectivity index is 2.18. The van der Waals surface area contributed by atoms with Crippen molar-refractivity contribution >= 4 is 0 Å². The van der Waals surface area contributed by atoms with Gasteiger partial charge >= 0.3 is 0 Å². The lowest BCUT2D eigenvalue weighted by molar-refractivity contribution is 0.156. The highest BCUT2D eigenvalue weighted by Gasteiger charge is 2.20. The lowest BCUT2D eigenvalue weighted by Gasteiger charge is -2.09. The normalized spacial score (nSPS) is 13.2. The largest absolute Gasteiger partial charge is 0.377 e. The maximum absolute atomic E-state index is 5.93. The van der Waals surface area contributed by atoms with E-state index in [9.17, 15) is 0 Å². The van der Waals surface area contributed by atoms with Crippen LogP contribution in [-0.2, 0) is 11.3 Å². The van der Waals surface area contributed by atoms with E-state index in [0.29, 0.717) is 29.8 Å². The Hall–Kier alpha value is -1.73. The van der Waals surface area contributed by atoms with Crippen LogP contribution in [0.1, 0.15) is 31.5 Å². The number of rotatable bonds is 5. The number of nitrogens with two attached hydrogens (primary N) is 1. The summed E-state index contributed by atoms with van der Waals surface area (Å²) in [6.07, 6.45) is 0. The third-order valence-corrected chi connectivity index (χ3v) is 2.52. The summed E-state index contributed by atoms with van der Waals surface area (Å²) in [5, 5.41) is 7.68. The molecule has 98 valence electrons. The monoisotopic (exact) mass is 252 g/mol. The van der Waals surface area contributed by atoms with E-state index in [2.05, 4.69) is 15.3 Å². The van der Waals surface area contributed by atoms with Crippen molar-refractivity contribution in [2.45, 2.75) is 26.5 Å². The van der Waals surface area contributed by atoms with Crippen molar-refractivity contribution in [1.29, 1.82) is 0 Å². The van der Waals surface area contributed by atoms with E-state index in [1.807, 2.05) is 13.8 Å². The van der Waals surface area contributed by atoms with E-state index in [0.717, 1.165) is 0 Å². The quantitative estimate of drug-likeness (QED) is 0.860. The fraction of sp³-hybridized carbons (Fsp3) is 0.545. The molecule has 0 spiro atoms. The average Bonchev–Trinajstić information content (AvgIpc) is 2.96. The van der Waals surface area contributed by atoms with Crippen LogP contribution in [0.3, 0.4) is 0 Å². The summed E-state index contributed by atoms with van der Waals surface area (Å²) in [7, 11) is 1.58. The summed E-state index contributed by atoms with van der Waals surface area (Å²) in [5.74, 6) is 1.60. The molecule has 1 unspecified atom stereocenters. The molecule has 7 nitrogen and oxygen atoms in total. The topological polar surface area (TPSA) is 100 Å². The van der Waals surface area contributed by atoms with Crippen LogP contribution in [0.5, 0.6) is 0 Å².